The summed E-state index contributed by atoms with van der Waals surface area (Å²) in [5.41, 5.74) is 3.61. The van der Waals surface area contributed by atoms with Gasteiger partial charge in [-0.2, -0.15) is 5.10 Å². The number of hydrazone groups is 1. The summed E-state index contributed by atoms with van der Waals surface area (Å²) in [5.74, 6) is 0.199. The van der Waals surface area contributed by atoms with Gasteiger partial charge in [-0.1, -0.05) is 43.5 Å². The second-order valence-electron chi connectivity index (χ2n) is 8.02. The van der Waals surface area contributed by atoms with Gasteiger partial charge in [0, 0.05) is 17.3 Å². The molecule has 0 amide bonds. The van der Waals surface area contributed by atoms with Crippen LogP contribution in [0.2, 0.25) is 0 Å². The number of nitrogens with zero attached hydrogens (tertiary/aromatic N) is 1. The van der Waals surface area contributed by atoms with Crippen molar-refractivity contribution in [3.63, 3.8) is 0 Å². The summed E-state index contributed by atoms with van der Waals surface area (Å²) >= 11 is 5.93. The number of hydrogen-bond acceptors (Lipinski definition) is 8. The van der Waals surface area contributed by atoms with Crippen LogP contribution in [-0.4, -0.2) is 57.1 Å². The summed E-state index contributed by atoms with van der Waals surface area (Å²) in [6.45, 7) is 10.3. The molecule has 1 atom stereocenters. The zero-order chi connectivity index (χ0) is 23.0. The van der Waals surface area contributed by atoms with Crippen LogP contribution in [0.25, 0.3) is 0 Å². The Hall–Kier alpha value is -1.87. The molecule has 0 spiro atoms. The van der Waals surface area contributed by atoms with Crippen LogP contribution in [-0.2, 0) is 24.0 Å². The fourth-order valence-electron chi connectivity index (χ4n) is 2.25. The van der Waals surface area contributed by atoms with Crippen molar-refractivity contribution in [2.24, 2.45) is 5.10 Å². The molecule has 1 unspecified atom stereocenters. The lowest BCUT2D eigenvalue weighted by atomic mass is 10.1. The molecule has 8 nitrogen and oxygen atoms in total. The Morgan fingerprint density at radius 2 is 2.03 bits per heavy atom. The molecule has 1 heterocycles. The topological polar surface area (TPSA) is 90.4 Å². The van der Waals surface area contributed by atoms with E-state index in [1.165, 1.54) is 6.21 Å². The van der Waals surface area contributed by atoms with E-state index in [2.05, 4.69) is 22.8 Å². The van der Waals surface area contributed by atoms with Gasteiger partial charge in [-0.3, -0.25) is 4.79 Å². The zero-order valence-corrected chi connectivity index (χ0v) is 19.7. The van der Waals surface area contributed by atoms with E-state index >= 15 is 0 Å². The molecule has 31 heavy (non-hydrogen) atoms. The number of rotatable bonds is 16. The minimum atomic E-state index is -0.210. The van der Waals surface area contributed by atoms with E-state index < -0.39 is 0 Å². The predicted molar refractivity (Wildman–Crippen MR) is 123 cm³/mol. The Labute approximate surface area is 190 Å². The summed E-state index contributed by atoms with van der Waals surface area (Å²) < 4.78 is 11.2. The standard InChI is InChI=1S/C22H36ClN3O5/c1-5-6-7-10-30-31-12-11-28-17-19-9-8-18(13-24-19)16-29-21(20(23)15-27)14-25-26-22(2,3)4/h8-9,13-15,19,24,26H,5-7,10-12,16-17H2,1-4H3/b21-20-,25-14-. The van der Waals surface area contributed by atoms with Gasteiger partial charge >= 0.3 is 0 Å². The molecule has 1 aliphatic heterocycles. The first-order chi connectivity index (χ1) is 14.9. The lowest BCUT2D eigenvalue weighted by Crippen LogP contribution is -2.31. The van der Waals surface area contributed by atoms with Crippen molar-refractivity contribution < 1.29 is 24.0 Å². The molecule has 0 saturated carbocycles. The second kappa shape index (κ2) is 15.9. The van der Waals surface area contributed by atoms with E-state index in [1.807, 2.05) is 39.1 Å². The van der Waals surface area contributed by atoms with Crippen molar-refractivity contribution in [1.82, 2.24) is 10.7 Å². The van der Waals surface area contributed by atoms with Crippen molar-refractivity contribution in [3.05, 3.63) is 34.7 Å². The molecule has 0 aromatic rings. The van der Waals surface area contributed by atoms with Gasteiger partial charge in [0.25, 0.3) is 0 Å². The normalized spacial score (nSPS) is 17.2. The highest BCUT2D eigenvalue weighted by atomic mass is 35.5. The Morgan fingerprint density at radius 3 is 2.68 bits per heavy atom. The molecule has 1 rings (SSSR count). The Balaban J connectivity index is 2.27. The maximum atomic E-state index is 11.0. The van der Waals surface area contributed by atoms with Crippen LogP contribution in [0.4, 0.5) is 0 Å². The highest BCUT2D eigenvalue weighted by Gasteiger charge is 2.11. The number of allylic oxidation sites excluding steroid dienone is 2. The maximum absolute atomic E-state index is 11.0. The van der Waals surface area contributed by atoms with Crippen LogP contribution in [0.3, 0.4) is 0 Å². The average molecular weight is 458 g/mol. The first kappa shape index (κ1) is 27.2. The Bertz CT molecular complexity index is 642. The second-order valence-corrected chi connectivity index (χ2v) is 8.42. The molecule has 1 aliphatic rings. The monoisotopic (exact) mass is 457 g/mol. The minimum absolute atomic E-state index is 0.0457. The quantitative estimate of drug-likeness (QED) is 0.0696. The average Bonchev–Trinajstić information content (AvgIpc) is 2.74. The molecule has 2 N–H and O–H groups in total. The first-order valence-corrected chi connectivity index (χ1v) is 11.0. The number of unbranched alkanes of at least 4 members (excludes halogenated alkanes) is 2. The first-order valence-electron chi connectivity index (χ1n) is 10.6. The molecule has 176 valence electrons. The molecule has 0 radical (unpaired) electrons. The summed E-state index contributed by atoms with van der Waals surface area (Å²) in [6.07, 6.45) is 11.0. The number of ether oxygens (including phenoxy) is 2. The molecule has 0 bridgehead atoms. The molecule has 9 heteroatoms. The van der Waals surface area contributed by atoms with Crippen molar-refractivity contribution in [2.45, 2.75) is 58.5 Å². The number of dihydropyridines is 1. The molecule has 0 fully saturated rings. The number of halogens is 1. The van der Waals surface area contributed by atoms with Gasteiger partial charge < -0.3 is 20.2 Å². The molecule has 0 aliphatic carbocycles. The zero-order valence-electron chi connectivity index (χ0n) is 19.0. The van der Waals surface area contributed by atoms with E-state index in [9.17, 15) is 4.79 Å². The third-order valence-electron chi connectivity index (χ3n) is 3.86. The lowest BCUT2D eigenvalue weighted by Gasteiger charge is -2.19. The predicted octanol–water partition coefficient (Wildman–Crippen LogP) is 3.59. The largest absolute Gasteiger partial charge is 0.485 e. The maximum Gasteiger partial charge on any atom is 0.165 e. The Morgan fingerprint density at radius 1 is 1.26 bits per heavy atom. The van der Waals surface area contributed by atoms with Gasteiger partial charge in [0.2, 0.25) is 0 Å². The summed E-state index contributed by atoms with van der Waals surface area (Å²) in [7, 11) is 0. The number of hydrogen-bond donors (Lipinski definition) is 2. The van der Waals surface area contributed by atoms with Crippen LogP contribution >= 0.6 is 11.6 Å². The number of aldehydes is 1. The lowest BCUT2D eigenvalue weighted by molar-refractivity contribution is -0.299. The van der Waals surface area contributed by atoms with Gasteiger partial charge in [0.15, 0.2) is 12.0 Å². The summed E-state index contributed by atoms with van der Waals surface area (Å²) in [5, 5.41) is 7.26. The summed E-state index contributed by atoms with van der Waals surface area (Å²) in [4.78, 5) is 21.1. The van der Waals surface area contributed by atoms with Crippen LogP contribution in [0.5, 0.6) is 0 Å². The third-order valence-corrected chi connectivity index (χ3v) is 4.14. The van der Waals surface area contributed by atoms with Gasteiger partial charge in [0.05, 0.1) is 32.1 Å². The van der Waals surface area contributed by atoms with Crippen LogP contribution in [0.1, 0.15) is 47.0 Å². The van der Waals surface area contributed by atoms with E-state index in [0.717, 1.165) is 24.8 Å². The Kier molecular flexibility index (Phi) is 13.9. The number of nitrogens with one attached hydrogen (secondary N) is 2. The molecule has 0 aromatic carbocycles. The van der Waals surface area contributed by atoms with E-state index in [0.29, 0.717) is 32.7 Å². The highest BCUT2D eigenvalue weighted by Crippen LogP contribution is 2.12. The number of carbonyl (C=O) groups is 1. The van der Waals surface area contributed by atoms with Gasteiger partial charge in [-0.05, 0) is 27.2 Å². The van der Waals surface area contributed by atoms with Gasteiger partial charge in [-0.15, -0.1) is 0 Å². The van der Waals surface area contributed by atoms with Crippen molar-refractivity contribution in [2.75, 3.05) is 33.0 Å². The van der Waals surface area contributed by atoms with E-state index in [4.69, 9.17) is 30.8 Å². The van der Waals surface area contributed by atoms with E-state index in [1.54, 1.807) is 0 Å². The molecular weight excluding hydrogens is 422 g/mol. The van der Waals surface area contributed by atoms with Gasteiger partial charge in [0.1, 0.15) is 18.2 Å². The van der Waals surface area contributed by atoms with Crippen LogP contribution < -0.4 is 10.7 Å². The molecule has 0 saturated heterocycles. The van der Waals surface area contributed by atoms with Crippen molar-refractivity contribution in [3.8, 4) is 0 Å². The van der Waals surface area contributed by atoms with Crippen molar-refractivity contribution >= 4 is 24.1 Å². The van der Waals surface area contributed by atoms with Crippen LogP contribution in [0, 0.1) is 0 Å². The fourth-order valence-corrected chi connectivity index (χ4v) is 2.36. The van der Waals surface area contributed by atoms with Crippen molar-refractivity contribution in [1.29, 1.82) is 0 Å². The molecule has 0 aromatic heterocycles. The third kappa shape index (κ3) is 13.9. The SMILES string of the molecule is CCCCCOOCCOCC1C=CC(COC(/C=N\NC(C)(C)C)=C(\Cl)C=O)=CN1. The van der Waals surface area contributed by atoms with E-state index in [-0.39, 0.29) is 29.0 Å². The van der Waals surface area contributed by atoms with Gasteiger partial charge in [-0.25, -0.2) is 9.78 Å². The summed E-state index contributed by atoms with van der Waals surface area (Å²) in [6, 6.07) is 0.0559. The fraction of sp³-hybridized carbons (Fsp3) is 0.636. The highest BCUT2D eigenvalue weighted by molar-refractivity contribution is 6.40. The minimum Gasteiger partial charge on any atom is -0.485 e. The smallest absolute Gasteiger partial charge is 0.165 e. The number of carbonyl (C=O) groups excluding carboxylic acids is 1. The van der Waals surface area contributed by atoms with Crippen LogP contribution in [0.15, 0.2) is 39.8 Å². The molecular formula is C22H36ClN3O5.